The molecule has 0 aliphatic carbocycles. The lowest BCUT2D eigenvalue weighted by Gasteiger charge is -2.29. The van der Waals surface area contributed by atoms with Crippen molar-refractivity contribution in [3.63, 3.8) is 0 Å². The number of hydrogen-bond donors (Lipinski definition) is 0. The lowest BCUT2D eigenvalue weighted by atomic mass is 10.2. The molecule has 108 valence electrons. The second-order valence-electron chi connectivity index (χ2n) is 4.94. The summed E-state index contributed by atoms with van der Waals surface area (Å²) in [7, 11) is 0. The van der Waals surface area contributed by atoms with Crippen LogP contribution in [0.3, 0.4) is 0 Å². The largest absolute Gasteiger partial charge is 0.433 e. The van der Waals surface area contributed by atoms with Crippen molar-refractivity contribution in [2.24, 2.45) is 0 Å². The molecule has 0 aromatic heterocycles. The molecule has 0 bridgehead atoms. The molecule has 1 aromatic carbocycles. The van der Waals surface area contributed by atoms with Gasteiger partial charge in [0.05, 0.1) is 0 Å². The molecule has 2 rings (SSSR count). The maximum absolute atomic E-state index is 13.2. The van der Waals surface area contributed by atoms with Gasteiger partial charge in [0.2, 0.25) is 0 Å². The molecule has 1 aliphatic rings. The fourth-order valence-electron chi connectivity index (χ4n) is 2.15. The number of anilines is 1. The lowest BCUT2D eigenvalue weighted by Crippen LogP contribution is -2.32. The van der Waals surface area contributed by atoms with E-state index in [1.54, 1.807) is 12.1 Å². The predicted octanol–water partition coefficient (Wildman–Crippen LogP) is 4.06. The van der Waals surface area contributed by atoms with Crippen LogP contribution in [0.1, 0.15) is 33.1 Å². The Hall–Kier alpha value is -1.76. The molecular formula is C16H19F2NO. The monoisotopic (exact) mass is 279 g/mol. The van der Waals surface area contributed by atoms with Crippen LogP contribution in [0.5, 0.6) is 5.75 Å². The minimum absolute atomic E-state index is 0.194. The quantitative estimate of drug-likeness (QED) is 0.771. The van der Waals surface area contributed by atoms with Gasteiger partial charge in [0.1, 0.15) is 5.75 Å². The topological polar surface area (TPSA) is 12.5 Å². The first-order valence-electron chi connectivity index (χ1n) is 6.91. The van der Waals surface area contributed by atoms with Crippen LogP contribution in [-0.4, -0.2) is 18.7 Å². The number of benzene rings is 1. The molecule has 0 amide bonds. The van der Waals surface area contributed by atoms with Gasteiger partial charge in [-0.1, -0.05) is 6.92 Å². The summed E-state index contributed by atoms with van der Waals surface area (Å²) in [6, 6.07) is 7.16. The van der Waals surface area contributed by atoms with E-state index in [2.05, 4.69) is 28.4 Å². The standard InChI is InChI=1S/C16H19F2NO/c1-3-16(17,18)20-15-10-8-14(9-11-15)19-12-6-4-5-7-13(19)2/h8-11,13H,3,6-7,12H2,1-2H3/t13-/m0/s1. The Labute approximate surface area is 118 Å². The Kier molecular flexibility index (Phi) is 4.49. The maximum atomic E-state index is 13.2. The fraction of sp³-hybridized carbons (Fsp3) is 0.500. The van der Waals surface area contributed by atoms with Crippen LogP contribution in [0.15, 0.2) is 24.3 Å². The molecule has 0 saturated heterocycles. The van der Waals surface area contributed by atoms with Crippen LogP contribution < -0.4 is 9.64 Å². The van der Waals surface area contributed by atoms with Crippen molar-refractivity contribution in [1.82, 2.24) is 0 Å². The maximum Gasteiger partial charge on any atom is 0.397 e. The Morgan fingerprint density at radius 2 is 2.00 bits per heavy atom. The first-order chi connectivity index (χ1) is 9.52. The van der Waals surface area contributed by atoms with E-state index >= 15 is 0 Å². The number of alkyl halides is 2. The normalized spacial score (nSPS) is 19.0. The second-order valence-corrected chi connectivity index (χ2v) is 4.94. The van der Waals surface area contributed by atoms with Gasteiger partial charge in [-0.25, -0.2) is 0 Å². The van der Waals surface area contributed by atoms with Gasteiger partial charge in [0, 0.05) is 37.5 Å². The van der Waals surface area contributed by atoms with Crippen LogP contribution in [0.25, 0.3) is 0 Å². The summed E-state index contributed by atoms with van der Waals surface area (Å²) in [6.07, 6.45) is -1.79. The van der Waals surface area contributed by atoms with Crippen LogP contribution in [0.4, 0.5) is 14.5 Å². The number of nitrogens with zero attached hydrogens (tertiary/aromatic N) is 1. The molecule has 2 nitrogen and oxygen atoms in total. The highest BCUT2D eigenvalue weighted by molar-refractivity contribution is 5.50. The molecule has 0 saturated carbocycles. The minimum Gasteiger partial charge on any atom is -0.433 e. The zero-order valence-electron chi connectivity index (χ0n) is 11.8. The summed E-state index contributed by atoms with van der Waals surface area (Å²) in [6.45, 7) is 4.38. The van der Waals surface area contributed by atoms with Crippen LogP contribution in [0, 0.1) is 11.8 Å². The van der Waals surface area contributed by atoms with Crippen molar-refractivity contribution in [3.05, 3.63) is 24.3 Å². The van der Waals surface area contributed by atoms with E-state index < -0.39 is 6.11 Å². The number of halogens is 2. The highest BCUT2D eigenvalue weighted by Gasteiger charge is 2.28. The van der Waals surface area contributed by atoms with Crippen molar-refractivity contribution < 1.29 is 13.5 Å². The van der Waals surface area contributed by atoms with E-state index in [-0.39, 0.29) is 12.2 Å². The van der Waals surface area contributed by atoms with Gasteiger partial charge < -0.3 is 9.64 Å². The zero-order chi connectivity index (χ0) is 14.6. The molecule has 1 aromatic rings. The summed E-state index contributed by atoms with van der Waals surface area (Å²) >= 11 is 0. The molecule has 20 heavy (non-hydrogen) atoms. The Bertz CT molecular complexity index is 501. The van der Waals surface area contributed by atoms with E-state index in [0.29, 0.717) is 6.04 Å². The molecular weight excluding hydrogens is 260 g/mol. The van der Waals surface area contributed by atoms with Gasteiger partial charge in [-0.05, 0) is 31.2 Å². The van der Waals surface area contributed by atoms with E-state index in [1.807, 2.05) is 12.1 Å². The van der Waals surface area contributed by atoms with Crippen molar-refractivity contribution in [2.45, 2.75) is 45.3 Å². The SMILES string of the molecule is CCC(F)(F)Oc1ccc(N2CCC#CC[C@@H]2C)cc1. The van der Waals surface area contributed by atoms with E-state index in [0.717, 1.165) is 25.1 Å². The van der Waals surface area contributed by atoms with Crippen molar-refractivity contribution >= 4 is 5.69 Å². The van der Waals surface area contributed by atoms with Gasteiger partial charge in [-0.3, -0.25) is 0 Å². The van der Waals surface area contributed by atoms with E-state index in [4.69, 9.17) is 0 Å². The second kappa shape index (κ2) is 6.13. The fourth-order valence-corrected chi connectivity index (χ4v) is 2.15. The van der Waals surface area contributed by atoms with Gasteiger partial charge in [0.15, 0.2) is 0 Å². The van der Waals surface area contributed by atoms with Gasteiger partial charge in [0.25, 0.3) is 0 Å². The molecule has 1 aliphatic heterocycles. The minimum atomic E-state index is -3.11. The lowest BCUT2D eigenvalue weighted by molar-refractivity contribution is -0.177. The van der Waals surface area contributed by atoms with Crippen LogP contribution >= 0.6 is 0 Å². The first kappa shape index (κ1) is 14.6. The third-order valence-corrected chi connectivity index (χ3v) is 3.38. The summed E-state index contributed by atoms with van der Waals surface area (Å²) in [5.41, 5.74) is 1.01. The summed E-state index contributed by atoms with van der Waals surface area (Å²) in [4.78, 5) is 2.23. The molecule has 0 fully saturated rings. The van der Waals surface area contributed by atoms with Crippen molar-refractivity contribution in [1.29, 1.82) is 0 Å². The van der Waals surface area contributed by atoms with Gasteiger partial charge in [-0.15, -0.1) is 11.8 Å². The van der Waals surface area contributed by atoms with Crippen molar-refractivity contribution in [3.8, 4) is 17.6 Å². The van der Waals surface area contributed by atoms with Gasteiger partial charge >= 0.3 is 6.11 Å². The Morgan fingerprint density at radius 3 is 2.65 bits per heavy atom. The molecule has 4 heteroatoms. The van der Waals surface area contributed by atoms with E-state index in [9.17, 15) is 8.78 Å². The van der Waals surface area contributed by atoms with Gasteiger partial charge in [-0.2, -0.15) is 8.78 Å². The predicted molar refractivity (Wildman–Crippen MR) is 76.1 cm³/mol. The summed E-state index contributed by atoms with van der Waals surface area (Å²) in [5.74, 6) is 6.44. The number of hydrogen-bond acceptors (Lipinski definition) is 2. The molecule has 0 unspecified atom stereocenters. The highest BCUT2D eigenvalue weighted by atomic mass is 19.3. The Balaban J connectivity index is 2.08. The average Bonchev–Trinajstić information content (AvgIpc) is 2.64. The van der Waals surface area contributed by atoms with Crippen molar-refractivity contribution in [2.75, 3.05) is 11.4 Å². The smallest absolute Gasteiger partial charge is 0.397 e. The highest BCUT2D eigenvalue weighted by Crippen LogP contribution is 2.27. The Morgan fingerprint density at radius 1 is 1.30 bits per heavy atom. The third-order valence-electron chi connectivity index (χ3n) is 3.38. The van der Waals surface area contributed by atoms with Crippen LogP contribution in [-0.2, 0) is 0 Å². The zero-order valence-corrected chi connectivity index (χ0v) is 11.8. The molecule has 0 spiro atoms. The molecule has 0 radical (unpaired) electrons. The molecule has 0 N–H and O–H groups in total. The van der Waals surface area contributed by atoms with Crippen LogP contribution in [0.2, 0.25) is 0 Å². The summed E-state index contributed by atoms with van der Waals surface area (Å²) in [5, 5.41) is 0. The first-order valence-corrected chi connectivity index (χ1v) is 6.91. The summed E-state index contributed by atoms with van der Waals surface area (Å²) < 4.78 is 31.0. The average molecular weight is 279 g/mol. The number of ether oxygens (including phenoxy) is 1. The third kappa shape index (κ3) is 3.63. The number of rotatable bonds is 4. The molecule has 1 heterocycles. The van der Waals surface area contributed by atoms with E-state index in [1.165, 1.54) is 6.92 Å². The molecule has 1 atom stereocenters.